The van der Waals surface area contributed by atoms with E-state index in [1.165, 1.54) is 6.26 Å². The lowest BCUT2D eigenvalue weighted by molar-refractivity contribution is 0.429. The zero-order valence-electron chi connectivity index (χ0n) is 11.0. The molecular weight excluding hydrogens is 294 g/mol. The first-order chi connectivity index (χ1) is 10.0. The Kier molecular flexibility index (Phi) is 3.22. The van der Waals surface area contributed by atoms with Gasteiger partial charge in [0.05, 0.1) is 23.8 Å². The van der Waals surface area contributed by atoms with Crippen LogP contribution in [0.15, 0.2) is 51.6 Å². The molecule has 2 aromatic heterocycles. The second kappa shape index (κ2) is 5.06. The average Bonchev–Trinajstić information content (AvgIpc) is 3.08. The van der Waals surface area contributed by atoms with Crippen molar-refractivity contribution in [3.8, 4) is 23.0 Å². The van der Waals surface area contributed by atoms with Gasteiger partial charge < -0.3 is 8.94 Å². The molecular formula is C13H11N3O4S. The fraction of sp³-hybridized carbons (Fsp3) is 0.0769. The van der Waals surface area contributed by atoms with Crippen LogP contribution in [-0.4, -0.2) is 24.8 Å². The van der Waals surface area contributed by atoms with Crippen LogP contribution in [0.25, 0.3) is 23.0 Å². The van der Waals surface area contributed by atoms with Crippen molar-refractivity contribution in [2.24, 2.45) is 0 Å². The maximum absolute atomic E-state index is 11.4. The van der Waals surface area contributed by atoms with Gasteiger partial charge in [0.15, 0.2) is 5.76 Å². The highest BCUT2D eigenvalue weighted by molar-refractivity contribution is 7.92. The minimum absolute atomic E-state index is 0.202. The zero-order chi connectivity index (χ0) is 14.9. The third kappa shape index (κ3) is 2.95. The first-order valence-electron chi connectivity index (χ1n) is 5.98. The van der Waals surface area contributed by atoms with Gasteiger partial charge in [0, 0.05) is 0 Å². The molecule has 108 valence electrons. The molecule has 0 unspecified atom stereocenters. The predicted molar refractivity (Wildman–Crippen MR) is 75.9 cm³/mol. The molecule has 0 radical (unpaired) electrons. The Balaban J connectivity index is 2.01. The van der Waals surface area contributed by atoms with Gasteiger partial charge in [0.1, 0.15) is 0 Å². The van der Waals surface area contributed by atoms with Gasteiger partial charge >= 0.3 is 0 Å². The number of sulfonamides is 1. The summed E-state index contributed by atoms with van der Waals surface area (Å²) in [5.41, 5.74) is 0.864. The molecule has 7 nitrogen and oxygen atoms in total. The van der Waals surface area contributed by atoms with Gasteiger partial charge in [-0.15, -0.1) is 0 Å². The van der Waals surface area contributed by atoms with E-state index in [0.29, 0.717) is 22.8 Å². The fourth-order valence-electron chi connectivity index (χ4n) is 1.80. The lowest BCUT2D eigenvalue weighted by Gasteiger charge is -2.06. The van der Waals surface area contributed by atoms with Crippen LogP contribution in [0.1, 0.15) is 0 Å². The van der Waals surface area contributed by atoms with Crippen LogP contribution in [0, 0.1) is 0 Å². The molecule has 0 bridgehead atoms. The number of anilines is 1. The van der Waals surface area contributed by atoms with E-state index >= 15 is 0 Å². The Morgan fingerprint density at radius 2 is 1.95 bits per heavy atom. The number of nitrogens with zero attached hydrogens (tertiary/aromatic N) is 2. The fourth-order valence-corrected chi connectivity index (χ4v) is 2.37. The molecule has 0 saturated carbocycles. The van der Waals surface area contributed by atoms with Crippen molar-refractivity contribution < 1.29 is 17.4 Å². The van der Waals surface area contributed by atoms with Crippen molar-refractivity contribution in [3.05, 3.63) is 42.7 Å². The third-order valence-corrected chi connectivity index (χ3v) is 3.21. The molecule has 1 aromatic carbocycles. The van der Waals surface area contributed by atoms with E-state index in [0.717, 1.165) is 6.26 Å². The van der Waals surface area contributed by atoms with Crippen LogP contribution in [-0.2, 0) is 10.0 Å². The molecule has 0 spiro atoms. The molecule has 0 atom stereocenters. The second-order valence-corrected chi connectivity index (χ2v) is 6.07. The number of nitrogens with one attached hydrogen (secondary N) is 1. The van der Waals surface area contributed by atoms with Gasteiger partial charge in [-0.3, -0.25) is 4.72 Å². The van der Waals surface area contributed by atoms with Crippen LogP contribution in [0.2, 0.25) is 0 Å². The molecule has 3 aromatic rings. The van der Waals surface area contributed by atoms with Crippen LogP contribution < -0.4 is 4.72 Å². The highest BCUT2D eigenvalue weighted by Gasteiger charge is 2.16. The first kappa shape index (κ1) is 13.4. The van der Waals surface area contributed by atoms with E-state index in [1.807, 2.05) is 0 Å². The van der Waals surface area contributed by atoms with E-state index in [4.69, 9.17) is 8.94 Å². The normalized spacial score (nSPS) is 11.5. The van der Waals surface area contributed by atoms with Crippen molar-refractivity contribution in [1.29, 1.82) is 0 Å². The number of aromatic nitrogens is 2. The van der Waals surface area contributed by atoms with E-state index in [2.05, 4.69) is 14.9 Å². The topological polar surface area (TPSA) is 98.2 Å². The van der Waals surface area contributed by atoms with Crippen LogP contribution in [0.5, 0.6) is 0 Å². The van der Waals surface area contributed by atoms with Crippen molar-refractivity contribution in [3.63, 3.8) is 0 Å². The molecule has 8 heteroatoms. The average molecular weight is 305 g/mol. The number of hydrogen-bond acceptors (Lipinski definition) is 6. The van der Waals surface area contributed by atoms with Crippen LogP contribution >= 0.6 is 0 Å². The maximum atomic E-state index is 11.4. The number of benzene rings is 1. The summed E-state index contributed by atoms with van der Waals surface area (Å²) in [6, 6.07) is 10.2. The van der Waals surface area contributed by atoms with Crippen LogP contribution in [0.4, 0.5) is 5.69 Å². The summed E-state index contributed by atoms with van der Waals surface area (Å²) < 4.78 is 35.5. The van der Waals surface area contributed by atoms with Crippen molar-refractivity contribution in [2.45, 2.75) is 0 Å². The Morgan fingerprint density at radius 1 is 1.14 bits per heavy atom. The van der Waals surface area contributed by atoms with E-state index < -0.39 is 10.0 Å². The summed E-state index contributed by atoms with van der Waals surface area (Å²) >= 11 is 0. The van der Waals surface area contributed by atoms with Gasteiger partial charge in [-0.05, 0) is 24.3 Å². The summed E-state index contributed by atoms with van der Waals surface area (Å²) in [5.74, 6) is 0.968. The SMILES string of the molecule is CS(=O)(=O)Nc1ccccc1-c1nc(-c2ccco2)no1. The second-order valence-electron chi connectivity index (χ2n) is 4.32. The molecule has 21 heavy (non-hydrogen) atoms. The molecule has 3 rings (SSSR count). The monoisotopic (exact) mass is 305 g/mol. The highest BCUT2D eigenvalue weighted by Crippen LogP contribution is 2.28. The van der Waals surface area contributed by atoms with Gasteiger partial charge in [-0.1, -0.05) is 17.3 Å². The number of rotatable bonds is 4. The Morgan fingerprint density at radius 3 is 2.67 bits per heavy atom. The minimum atomic E-state index is -3.40. The summed E-state index contributed by atoms with van der Waals surface area (Å²) in [6.07, 6.45) is 2.58. The van der Waals surface area contributed by atoms with Crippen molar-refractivity contribution >= 4 is 15.7 Å². The Labute approximate surface area is 120 Å². The molecule has 0 saturated heterocycles. The molecule has 0 aliphatic carbocycles. The summed E-state index contributed by atoms with van der Waals surface area (Å²) in [4.78, 5) is 4.21. The van der Waals surface area contributed by atoms with Gasteiger partial charge in [0.25, 0.3) is 5.89 Å². The lowest BCUT2D eigenvalue weighted by Crippen LogP contribution is -2.10. The lowest BCUT2D eigenvalue weighted by atomic mass is 10.2. The van der Waals surface area contributed by atoms with Crippen LogP contribution in [0.3, 0.4) is 0 Å². The number of para-hydroxylation sites is 1. The number of furan rings is 1. The highest BCUT2D eigenvalue weighted by atomic mass is 32.2. The summed E-state index contributed by atoms with van der Waals surface area (Å²) in [6.45, 7) is 0. The molecule has 2 heterocycles. The van der Waals surface area contributed by atoms with Gasteiger partial charge in [-0.2, -0.15) is 4.98 Å². The quantitative estimate of drug-likeness (QED) is 0.794. The Bertz CT molecular complexity index is 853. The molecule has 0 aliphatic rings. The zero-order valence-corrected chi connectivity index (χ0v) is 11.8. The predicted octanol–water partition coefficient (Wildman–Crippen LogP) is 2.37. The number of hydrogen-bond donors (Lipinski definition) is 1. The smallest absolute Gasteiger partial charge is 0.260 e. The first-order valence-corrected chi connectivity index (χ1v) is 7.87. The van der Waals surface area contributed by atoms with E-state index in [9.17, 15) is 8.42 Å². The molecule has 0 aliphatic heterocycles. The Hall–Kier alpha value is -2.61. The summed E-state index contributed by atoms with van der Waals surface area (Å²) in [7, 11) is -3.40. The maximum Gasteiger partial charge on any atom is 0.260 e. The largest absolute Gasteiger partial charge is 0.461 e. The molecule has 1 N–H and O–H groups in total. The molecule has 0 fully saturated rings. The molecule has 0 amide bonds. The van der Waals surface area contributed by atoms with Gasteiger partial charge in [-0.25, -0.2) is 8.42 Å². The minimum Gasteiger partial charge on any atom is -0.461 e. The van der Waals surface area contributed by atoms with Crippen molar-refractivity contribution in [1.82, 2.24) is 10.1 Å². The van der Waals surface area contributed by atoms with E-state index in [1.54, 1.807) is 36.4 Å². The van der Waals surface area contributed by atoms with E-state index in [-0.39, 0.29) is 5.89 Å². The standard InChI is InChI=1S/C13H11N3O4S/c1-21(17,18)16-10-6-3-2-5-9(10)13-14-12(15-20-13)11-7-4-8-19-11/h2-8,16H,1H3. The third-order valence-electron chi connectivity index (χ3n) is 2.62. The van der Waals surface area contributed by atoms with Gasteiger partial charge in [0.2, 0.25) is 15.8 Å². The van der Waals surface area contributed by atoms with Crippen molar-refractivity contribution in [2.75, 3.05) is 11.0 Å². The summed E-state index contributed by atoms with van der Waals surface area (Å²) in [5, 5.41) is 3.82.